The Balaban J connectivity index is 1.44. The Morgan fingerprint density at radius 3 is 2.67 bits per heavy atom. The average Bonchev–Trinajstić information content (AvgIpc) is 3.33. The summed E-state index contributed by atoms with van der Waals surface area (Å²) >= 11 is 6.01. The Labute approximate surface area is 178 Å². The number of oxazole rings is 1. The fraction of sp³-hybridized carbons (Fsp3) is 0.261. The summed E-state index contributed by atoms with van der Waals surface area (Å²) < 4.78 is 7.59. The number of aromatic nitrogens is 3. The topological polar surface area (TPSA) is 73.0 Å². The number of halogens is 1. The summed E-state index contributed by atoms with van der Waals surface area (Å²) in [6.45, 7) is 4.09. The molecule has 0 unspecified atom stereocenters. The molecule has 0 bridgehead atoms. The van der Waals surface area contributed by atoms with Crippen molar-refractivity contribution in [2.24, 2.45) is 0 Å². The maximum Gasteiger partial charge on any atom is 0.259 e. The molecule has 1 N–H and O–H groups in total. The molecular formula is C23H21ClN4O2. The molecule has 0 aliphatic heterocycles. The number of fused-ring (bicyclic) bond motifs is 1. The van der Waals surface area contributed by atoms with Crippen molar-refractivity contribution in [2.75, 3.05) is 5.32 Å². The van der Waals surface area contributed by atoms with Gasteiger partial charge in [0.05, 0.1) is 23.1 Å². The summed E-state index contributed by atoms with van der Waals surface area (Å²) in [6, 6.07) is 12.9. The molecule has 1 fully saturated rings. The lowest BCUT2D eigenvalue weighted by Gasteiger charge is -2.13. The summed E-state index contributed by atoms with van der Waals surface area (Å²) in [5.74, 6) is 1.13. The summed E-state index contributed by atoms with van der Waals surface area (Å²) in [4.78, 5) is 17.6. The average molecular weight is 421 g/mol. The van der Waals surface area contributed by atoms with Gasteiger partial charge in [0.15, 0.2) is 11.5 Å². The first-order chi connectivity index (χ1) is 14.5. The Bertz CT molecular complexity index is 1240. The second kappa shape index (κ2) is 7.29. The summed E-state index contributed by atoms with van der Waals surface area (Å²) in [6.07, 6.45) is 3.87. The van der Waals surface area contributed by atoms with E-state index in [-0.39, 0.29) is 11.8 Å². The van der Waals surface area contributed by atoms with Gasteiger partial charge in [-0.2, -0.15) is 5.10 Å². The van der Waals surface area contributed by atoms with Crippen molar-refractivity contribution in [2.45, 2.75) is 38.5 Å². The van der Waals surface area contributed by atoms with E-state index in [9.17, 15) is 4.79 Å². The normalized spacial score (nSPS) is 13.9. The lowest BCUT2D eigenvalue weighted by atomic mass is 10.0. The number of amides is 1. The third kappa shape index (κ3) is 3.48. The molecule has 7 heteroatoms. The highest BCUT2D eigenvalue weighted by molar-refractivity contribution is 6.30. The highest BCUT2D eigenvalue weighted by Gasteiger charge is 2.29. The smallest absolute Gasteiger partial charge is 0.259 e. The van der Waals surface area contributed by atoms with Crippen LogP contribution >= 0.6 is 11.6 Å². The van der Waals surface area contributed by atoms with Crippen LogP contribution in [-0.4, -0.2) is 20.7 Å². The van der Waals surface area contributed by atoms with Crippen LogP contribution in [-0.2, 0) is 0 Å². The standard InChI is InChI=1S/C23H21ClN4O2/c1-13(2)21-18(12-25-28(21)17-8-5-15(24)6-9-17)22(29)26-16-7-10-20-19(11-16)27-23(30-20)14-3-4-14/h5-14H,3-4H2,1-2H3,(H,26,29). The van der Waals surface area contributed by atoms with Gasteiger partial charge in [-0.15, -0.1) is 0 Å². The number of hydrogen-bond donors (Lipinski definition) is 1. The third-order valence-corrected chi connectivity index (χ3v) is 5.51. The number of benzene rings is 2. The molecular weight excluding hydrogens is 400 g/mol. The number of rotatable bonds is 5. The van der Waals surface area contributed by atoms with Crippen molar-refractivity contribution in [3.05, 3.63) is 70.8 Å². The van der Waals surface area contributed by atoms with Crippen molar-refractivity contribution in [1.82, 2.24) is 14.8 Å². The van der Waals surface area contributed by atoms with Crippen molar-refractivity contribution in [3.63, 3.8) is 0 Å². The van der Waals surface area contributed by atoms with Crippen LogP contribution in [0, 0.1) is 0 Å². The monoisotopic (exact) mass is 420 g/mol. The van der Waals surface area contributed by atoms with Gasteiger partial charge in [-0.05, 0) is 61.2 Å². The van der Waals surface area contributed by atoms with E-state index in [4.69, 9.17) is 16.0 Å². The summed E-state index contributed by atoms with van der Waals surface area (Å²) in [5.41, 5.74) is 4.42. The number of carbonyl (C=O) groups is 1. The molecule has 30 heavy (non-hydrogen) atoms. The number of nitrogens with zero attached hydrogens (tertiary/aromatic N) is 3. The first-order valence-corrected chi connectivity index (χ1v) is 10.4. The minimum atomic E-state index is -0.204. The quantitative estimate of drug-likeness (QED) is 0.435. The minimum absolute atomic E-state index is 0.100. The van der Waals surface area contributed by atoms with Gasteiger partial charge in [-0.3, -0.25) is 4.79 Å². The van der Waals surface area contributed by atoms with Crippen molar-refractivity contribution >= 4 is 34.3 Å². The highest BCUT2D eigenvalue weighted by atomic mass is 35.5. The van der Waals surface area contributed by atoms with E-state index in [1.807, 2.05) is 56.3 Å². The van der Waals surface area contributed by atoms with Gasteiger partial charge < -0.3 is 9.73 Å². The van der Waals surface area contributed by atoms with E-state index in [1.165, 1.54) is 0 Å². The van der Waals surface area contributed by atoms with Crippen LogP contribution in [0.4, 0.5) is 5.69 Å². The molecule has 0 spiro atoms. The van der Waals surface area contributed by atoms with E-state index in [1.54, 1.807) is 10.9 Å². The van der Waals surface area contributed by atoms with Gasteiger partial charge in [-0.25, -0.2) is 9.67 Å². The number of nitrogens with one attached hydrogen (secondary N) is 1. The van der Waals surface area contributed by atoms with Crippen LogP contribution in [0.3, 0.4) is 0 Å². The molecule has 1 saturated carbocycles. The maximum absolute atomic E-state index is 13.1. The van der Waals surface area contributed by atoms with Gasteiger partial charge in [0.1, 0.15) is 5.52 Å². The molecule has 1 amide bonds. The SMILES string of the molecule is CC(C)c1c(C(=O)Nc2ccc3oc(C4CC4)nc3c2)cnn1-c1ccc(Cl)cc1. The van der Waals surface area contributed by atoms with Crippen LogP contribution in [0.2, 0.25) is 5.02 Å². The number of anilines is 1. The number of hydrogen-bond acceptors (Lipinski definition) is 4. The van der Waals surface area contributed by atoms with E-state index in [0.29, 0.717) is 22.2 Å². The fourth-order valence-electron chi connectivity index (χ4n) is 3.60. The zero-order chi connectivity index (χ0) is 20.8. The predicted octanol–water partition coefficient (Wildman–Crippen LogP) is 5.92. The minimum Gasteiger partial charge on any atom is -0.440 e. The number of carbonyl (C=O) groups excluding carboxylic acids is 1. The highest BCUT2D eigenvalue weighted by Crippen LogP contribution is 2.40. The molecule has 1 aliphatic carbocycles. The summed E-state index contributed by atoms with van der Waals surface area (Å²) in [7, 11) is 0. The zero-order valence-electron chi connectivity index (χ0n) is 16.7. The first-order valence-electron chi connectivity index (χ1n) is 10.1. The van der Waals surface area contributed by atoms with Crippen LogP contribution in [0.25, 0.3) is 16.8 Å². The third-order valence-electron chi connectivity index (χ3n) is 5.26. The van der Waals surface area contributed by atoms with E-state index in [2.05, 4.69) is 15.4 Å². The second-order valence-corrected chi connectivity index (χ2v) is 8.39. The first kappa shape index (κ1) is 18.9. The van der Waals surface area contributed by atoms with Crippen LogP contribution < -0.4 is 5.32 Å². The lowest BCUT2D eigenvalue weighted by Crippen LogP contribution is -2.15. The Kier molecular flexibility index (Phi) is 4.59. The van der Waals surface area contributed by atoms with E-state index < -0.39 is 0 Å². The molecule has 2 aromatic heterocycles. The Morgan fingerprint density at radius 2 is 1.97 bits per heavy atom. The molecule has 5 rings (SSSR count). The molecule has 152 valence electrons. The molecule has 6 nitrogen and oxygen atoms in total. The molecule has 0 radical (unpaired) electrons. The lowest BCUT2D eigenvalue weighted by molar-refractivity contribution is 0.102. The Morgan fingerprint density at radius 1 is 1.20 bits per heavy atom. The largest absolute Gasteiger partial charge is 0.440 e. The van der Waals surface area contributed by atoms with E-state index in [0.717, 1.165) is 41.2 Å². The van der Waals surface area contributed by atoms with Gasteiger partial charge >= 0.3 is 0 Å². The molecule has 2 heterocycles. The van der Waals surface area contributed by atoms with Crippen molar-refractivity contribution in [3.8, 4) is 5.69 Å². The van der Waals surface area contributed by atoms with Crippen LogP contribution in [0.15, 0.2) is 53.1 Å². The van der Waals surface area contributed by atoms with Gasteiger partial charge in [-0.1, -0.05) is 25.4 Å². The molecule has 1 aliphatic rings. The van der Waals surface area contributed by atoms with Crippen LogP contribution in [0.1, 0.15) is 60.5 Å². The molecule has 4 aromatic rings. The van der Waals surface area contributed by atoms with E-state index >= 15 is 0 Å². The molecule has 0 saturated heterocycles. The fourth-order valence-corrected chi connectivity index (χ4v) is 3.73. The predicted molar refractivity (Wildman–Crippen MR) is 117 cm³/mol. The maximum atomic E-state index is 13.1. The van der Waals surface area contributed by atoms with Crippen molar-refractivity contribution < 1.29 is 9.21 Å². The van der Waals surface area contributed by atoms with Gasteiger partial charge in [0, 0.05) is 16.6 Å². The molecule has 0 atom stereocenters. The second-order valence-electron chi connectivity index (χ2n) is 7.95. The van der Waals surface area contributed by atoms with Gasteiger partial charge in [0.2, 0.25) is 0 Å². The van der Waals surface area contributed by atoms with Crippen molar-refractivity contribution in [1.29, 1.82) is 0 Å². The zero-order valence-corrected chi connectivity index (χ0v) is 17.5. The van der Waals surface area contributed by atoms with Gasteiger partial charge in [0.25, 0.3) is 5.91 Å². The summed E-state index contributed by atoms with van der Waals surface area (Å²) in [5, 5.41) is 8.10. The molecule has 2 aromatic carbocycles. The van der Waals surface area contributed by atoms with Crippen LogP contribution in [0.5, 0.6) is 0 Å². The Hall–Kier alpha value is -3.12.